The highest BCUT2D eigenvalue weighted by atomic mass is 32.2. The zero-order valence-corrected chi connectivity index (χ0v) is 15.7. The van der Waals surface area contributed by atoms with E-state index in [0.717, 1.165) is 23.9 Å². The molecule has 0 saturated carbocycles. The molecule has 4 amide bonds. The van der Waals surface area contributed by atoms with Gasteiger partial charge in [-0.25, -0.2) is 13.6 Å². The Hall–Kier alpha value is -2.94. The molecule has 0 unspecified atom stereocenters. The summed E-state index contributed by atoms with van der Waals surface area (Å²) in [5.41, 5.74) is 1.64. The lowest BCUT2D eigenvalue weighted by molar-refractivity contribution is -0.138. The van der Waals surface area contributed by atoms with Crippen LogP contribution in [0.2, 0.25) is 0 Å². The van der Waals surface area contributed by atoms with Crippen LogP contribution in [0.3, 0.4) is 0 Å². The van der Waals surface area contributed by atoms with Gasteiger partial charge >= 0.3 is 6.03 Å². The molecule has 0 spiro atoms. The third-order valence-electron chi connectivity index (χ3n) is 4.39. The van der Waals surface area contributed by atoms with Crippen molar-refractivity contribution in [1.29, 1.82) is 0 Å². The molecule has 2 aromatic rings. The molecule has 1 fully saturated rings. The minimum Gasteiger partial charge on any atom is -0.318 e. The number of carbonyl (C=O) groups is 3. The smallest absolute Gasteiger partial charge is 0.318 e. The summed E-state index contributed by atoms with van der Waals surface area (Å²) in [7, 11) is 0. The van der Waals surface area contributed by atoms with E-state index in [9.17, 15) is 23.2 Å². The van der Waals surface area contributed by atoms with Crippen molar-refractivity contribution >= 4 is 29.6 Å². The van der Waals surface area contributed by atoms with Gasteiger partial charge in [-0.15, -0.1) is 11.8 Å². The van der Waals surface area contributed by atoms with E-state index in [0.29, 0.717) is 21.9 Å². The van der Waals surface area contributed by atoms with Crippen LogP contribution in [0, 0.1) is 11.6 Å². The molecule has 1 heterocycles. The second-order valence-corrected chi connectivity index (χ2v) is 7.14. The lowest BCUT2D eigenvalue weighted by atomic mass is 9.87. The number of halogens is 2. The number of carbonyl (C=O) groups excluding carboxylic acids is 3. The van der Waals surface area contributed by atoms with E-state index in [2.05, 4.69) is 10.7 Å². The number of amides is 4. The van der Waals surface area contributed by atoms with E-state index in [4.69, 9.17) is 0 Å². The molecule has 1 aliphatic rings. The van der Waals surface area contributed by atoms with Crippen LogP contribution in [0.1, 0.15) is 18.9 Å². The molecule has 2 N–H and O–H groups in total. The second kappa shape index (κ2) is 7.97. The summed E-state index contributed by atoms with van der Waals surface area (Å²) in [6.07, 6.45) is 0.303. The summed E-state index contributed by atoms with van der Waals surface area (Å²) in [6.45, 7) is 1.76. The van der Waals surface area contributed by atoms with E-state index < -0.39 is 35.0 Å². The predicted octanol–water partition coefficient (Wildman–Crippen LogP) is 2.95. The monoisotopic (exact) mass is 405 g/mol. The Morgan fingerprint density at radius 2 is 1.86 bits per heavy atom. The first-order chi connectivity index (χ1) is 13.4. The van der Waals surface area contributed by atoms with Gasteiger partial charge in [-0.1, -0.05) is 37.3 Å². The average Bonchev–Trinajstić information content (AvgIpc) is 2.94. The standard InChI is InChI=1S/C19H17F2N3O3S/c1-2-19(12-6-4-3-5-7-12)17(26)24(18(27)22-19)23-16(25)11-28-13-8-9-14(20)15(21)10-13/h3-10H,2,11H2,1H3,(H,22,27)(H,23,25)/t19-/m0/s1. The minimum absolute atomic E-state index is 0.188. The maximum atomic E-state index is 13.2. The summed E-state index contributed by atoms with van der Waals surface area (Å²) in [5, 5.41) is 3.31. The van der Waals surface area contributed by atoms with Crippen LogP contribution in [0.5, 0.6) is 0 Å². The molecule has 6 nitrogen and oxygen atoms in total. The topological polar surface area (TPSA) is 78.5 Å². The van der Waals surface area contributed by atoms with Gasteiger partial charge in [0, 0.05) is 4.90 Å². The fourth-order valence-corrected chi connectivity index (χ4v) is 3.62. The Kier molecular flexibility index (Phi) is 5.64. The molecule has 2 aromatic carbocycles. The van der Waals surface area contributed by atoms with Crippen molar-refractivity contribution in [3.05, 3.63) is 65.7 Å². The van der Waals surface area contributed by atoms with Crippen molar-refractivity contribution in [2.45, 2.75) is 23.8 Å². The van der Waals surface area contributed by atoms with E-state index in [1.165, 1.54) is 6.07 Å². The van der Waals surface area contributed by atoms with Crippen LogP contribution >= 0.6 is 11.8 Å². The molecule has 0 radical (unpaired) electrons. The summed E-state index contributed by atoms with van der Waals surface area (Å²) in [6, 6.07) is 11.3. The summed E-state index contributed by atoms with van der Waals surface area (Å²) < 4.78 is 26.2. The van der Waals surface area contributed by atoms with Gasteiger partial charge < -0.3 is 5.32 Å². The first kappa shape index (κ1) is 19.8. The molecule has 28 heavy (non-hydrogen) atoms. The lowest BCUT2D eigenvalue weighted by Crippen LogP contribution is -2.49. The van der Waals surface area contributed by atoms with E-state index in [-0.39, 0.29) is 5.75 Å². The van der Waals surface area contributed by atoms with Crippen LogP contribution < -0.4 is 10.7 Å². The molecule has 146 valence electrons. The number of thioether (sulfide) groups is 1. The normalized spacial score (nSPS) is 18.9. The molecule has 1 aliphatic heterocycles. The number of hydrogen-bond acceptors (Lipinski definition) is 4. The Morgan fingerprint density at radius 1 is 1.14 bits per heavy atom. The number of benzene rings is 2. The van der Waals surface area contributed by atoms with Gasteiger partial charge in [0.15, 0.2) is 11.6 Å². The third-order valence-corrected chi connectivity index (χ3v) is 5.38. The predicted molar refractivity (Wildman–Crippen MR) is 99.0 cm³/mol. The Balaban J connectivity index is 1.68. The highest BCUT2D eigenvalue weighted by Gasteiger charge is 2.52. The van der Waals surface area contributed by atoms with E-state index >= 15 is 0 Å². The molecule has 1 atom stereocenters. The van der Waals surface area contributed by atoms with Gasteiger partial charge in [-0.05, 0) is 30.2 Å². The number of urea groups is 1. The van der Waals surface area contributed by atoms with Crippen molar-refractivity contribution < 1.29 is 23.2 Å². The summed E-state index contributed by atoms with van der Waals surface area (Å²) in [4.78, 5) is 37.7. The number of hydrogen-bond donors (Lipinski definition) is 2. The number of hydrazine groups is 1. The first-order valence-electron chi connectivity index (χ1n) is 8.47. The van der Waals surface area contributed by atoms with Crippen LogP contribution in [0.15, 0.2) is 53.4 Å². The lowest BCUT2D eigenvalue weighted by Gasteiger charge is -2.25. The van der Waals surface area contributed by atoms with E-state index in [1.807, 2.05) is 0 Å². The number of nitrogens with one attached hydrogen (secondary N) is 2. The molecular formula is C19H17F2N3O3S. The van der Waals surface area contributed by atoms with Gasteiger partial charge in [-0.2, -0.15) is 5.01 Å². The van der Waals surface area contributed by atoms with E-state index in [1.54, 1.807) is 37.3 Å². The summed E-state index contributed by atoms with van der Waals surface area (Å²) in [5.74, 6) is -3.40. The molecule has 0 aliphatic carbocycles. The maximum Gasteiger partial charge on any atom is 0.344 e. The Morgan fingerprint density at radius 3 is 2.50 bits per heavy atom. The van der Waals surface area contributed by atoms with Gasteiger partial charge in [0.25, 0.3) is 5.91 Å². The zero-order valence-electron chi connectivity index (χ0n) is 14.9. The average molecular weight is 405 g/mol. The molecule has 3 rings (SSSR count). The van der Waals surface area contributed by atoms with Crippen molar-refractivity contribution in [2.24, 2.45) is 0 Å². The van der Waals surface area contributed by atoms with Crippen molar-refractivity contribution in [2.75, 3.05) is 5.75 Å². The quantitative estimate of drug-likeness (QED) is 0.572. The Bertz CT molecular complexity index is 926. The van der Waals surface area contributed by atoms with Crippen LogP contribution in [-0.2, 0) is 15.1 Å². The maximum absolute atomic E-state index is 13.2. The molecular weight excluding hydrogens is 388 g/mol. The highest BCUT2D eigenvalue weighted by molar-refractivity contribution is 8.00. The number of nitrogens with zero attached hydrogens (tertiary/aromatic N) is 1. The van der Waals surface area contributed by atoms with Gasteiger partial charge in [0.2, 0.25) is 5.91 Å². The molecule has 0 aromatic heterocycles. The SMILES string of the molecule is CC[C@@]1(c2ccccc2)NC(=O)N(NC(=O)CSc2ccc(F)c(F)c2)C1=O. The van der Waals surface area contributed by atoms with Crippen LogP contribution in [0.25, 0.3) is 0 Å². The van der Waals surface area contributed by atoms with Crippen LogP contribution in [0.4, 0.5) is 13.6 Å². The highest BCUT2D eigenvalue weighted by Crippen LogP contribution is 2.31. The van der Waals surface area contributed by atoms with Gasteiger partial charge in [-0.3, -0.25) is 15.0 Å². The first-order valence-corrected chi connectivity index (χ1v) is 9.45. The second-order valence-electron chi connectivity index (χ2n) is 6.10. The van der Waals surface area contributed by atoms with Crippen molar-refractivity contribution in [3.63, 3.8) is 0 Å². The third kappa shape index (κ3) is 3.70. The minimum atomic E-state index is -1.25. The molecule has 0 bridgehead atoms. The van der Waals surface area contributed by atoms with Crippen molar-refractivity contribution in [3.8, 4) is 0 Å². The Labute approximate surface area is 164 Å². The largest absolute Gasteiger partial charge is 0.344 e. The summed E-state index contributed by atoms with van der Waals surface area (Å²) >= 11 is 0.951. The van der Waals surface area contributed by atoms with Gasteiger partial charge in [0.1, 0.15) is 5.54 Å². The molecule has 1 saturated heterocycles. The fourth-order valence-electron chi connectivity index (χ4n) is 2.91. The fraction of sp³-hybridized carbons (Fsp3) is 0.211. The number of imide groups is 1. The van der Waals surface area contributed by atoms with Crippen molar-refractivity contribution in [1.82, 2.24) is 15.8 Å². The van der Waals surface area contributed by atoms with Crippen LogP contribution in [-0.4, -0.2) is 28.6 Å². The number of rotatable bonds is 6. The van der Waals surface area contributed by atoms with Gasteiger partial charge in [0.05, 0.1) is 5.75 Å². The molecule has 9 heteroatoms. The zero-order chi connectivity index (χ0) is 20.3.